The molecule has 21 heavy (non-hydrogen) atoms. The number of allylic oxidation sites excluding steroid dienone is 2. The van der Waals surface area contributed by atoms with Gasteiger partial charge in [0.1, 0.15) is 6.10 Å². The Bertz CT molecular complexity index is 593. The highest BCUT2D eigenvalue weighted by Gasteiger charge is 2.35. The van der Waals surface area contributed by atoms with E-state index in [-0.39, 0.29) is 17.5 Å². The Morgan fingerprint density at radius 2 is 2.05 bits per heavy atom. The second-order valence-electron chi connectivity index (χ2n) is 6.36. The third-order valence-corrected chi connectivity index (χ3v) is 4.78. The fourth-order valence-corrected chi connectivity index (χ4v) is 3.48. The lowest BCUT2D eigenvalue weighted by Crippen LogP contribution is -2.16. The fraction of sp³-hybridized carbons (Fsp3) is 0.421. The van der Waals surface area contributed by atoms with Crippen LogP contribution in [0.4, 0.5) is 0 Å². The average Bonchev–Trinajstić information content (AvgIpc) is 3.07. The quantitative estimate of drug-likeness (QED) is 0.469. The van der Waals surface area contributed by atoms with Crippen LogP contribution in [0.25, 0.3) is 5.57 Å². The smallest absolute Gasteiger partial charge is 0.331 e. The van der Waals surface area contributed by atoms with Crippen LogP contribution in [0.2, 0.25) is 0 Å². The Hall–Kier alpha value is -1.83. The van der Waals surface area contributed by atoms with Crippen LogP contribution in [0.1, 0.15) is 43.7 Å². The van der Waals surface area contributed by atoms with Crippen LogP contribution < -0.4 is 0 Å². The summed E-state index contributed by atoms with van der Waals surface area (Å²) in [6.45, 7) is 6.10. The molecule has 2 heteroatoms. The Morgan fingerprint density at radius 3 is 2.76 bits per heavy atom. The van der Waals surface area contributed by atoms with Crippen molar-refractivity contribution in [2.45, 2.75) is 45.1 Å². The second-order valence-corrected chi connectivity index (χ2v) is 6.36. The van der Waals surface area contributed by atoms with Crippen LogP contribution in [-0.2, 0) is 16.0 Å². The lowest BCUT2D eigenvalue weighted by Gasteiger charge is -2.21. The van der Waals surface area contributed by atoms with Gasteiger partial charge in [0.05, 0.1) is 0 Å². The topological polar surface area (TPSA) is 26.3 Å². The van der Waals surface area contributed by atoms with Gasteiger partial charge in [0, 0.05) is 11.5 Å². The molecular weight excluding hydrogens is 260 g/mol. The normalized spacial score (nSPS) is 26.8. The van der Waals surface area contributed by atoms with Crippen molar-refractivity contribution >= 4 is 11.5 Å². The molecule has 0 unspecified atom stereocenters. The molecule has 0 aliphatic heterocycles. The van der Waals surface area contributed by atoms with Gasteiger partial charge in [-0.15, -0.1) is 6.58 Å². The highest BCUT2D eigenvalue weighted by Crippen LogP contribution is 2.47. The maximum absolute atomic E-state index is 12.2. The molecule has 0 saturated heterocycles. The minimum atomic E-state index is -0.207. The van der Waals surface area contributed by atoms with Crippen molar-refractivity contribution in [2.75, 3.05) is 0 Å². The predicted molar refractivity (Wildman–Crippen MR) is 84.8 cm³/mol. The number of carbonyl (C=O) groups is 1. The van der Waals surface area contributed by atoms with Crippen LogP contribution in [0.3, 0.4) is 0 Å². The molecule has 0 N–H and O–H groups in total. The molecule has 1 aromatic carbocycles. The zero-order valence-electron chi connectivity index (χ0n) is 12.6. The van der Waals surface area contributed by atoms with Crippen LogP contribution in [0.15, 0.2) is 43.0 Å². The molecule has 0 radical (unpaired) electrons. The molecule has 1 saturated carbocycles. The maximum Gasteiger partial charge on any atom is 0.331 e. The summed E-state index contributed by atoms with van der Waals surface area (Å²) in [5.74, 6) is -0.207. The van der Waals surface area contributed by atoms with Gasteiger partial charge in [0.2, 0.25) is 0 Å². The Balaban J connectivity index is 1.88. The van der Waals surface area contributed by atoms with Gasteiger partial charge >= 0.3 is 5.97 Å². The van der Waals surface area contributed by atoms with Crippen LogP contribution in [0, 0.1) is 5.41 Å². The van der Waals surface area contributed by atoms with Crippen molar-refractivity contribution < 1.29 is 9.53 Å². The number of fused-ring (bicyclic) bond motifs is 1. The van der Waals surface area contributed by atoms with Crippen LogP contribution in [0.5, 0.6) is 0 Å². The molecule has 2 nitrogen and oxygen atoms in total. The summed E-state index contributed by atoms with van der Waals surface area (Å²) in [7, 11) is 0. The summed E-state index contributed by atoms with van der Waals surface area (Å²) in [4.78, 5) is 12.2. The summed E-state index contributed by atoms with van der Waals surface area (Å²) in [5, 5.41) is 0. The Kier molecular flexibility index (Phi) is 3.71. The molecule has 2 aliphatic rings. The number of carbonyl (C=O) groups excluding carboxylic acids is 1. The summed E-state index contributed by atoms with van der Waals surface area (Å²) < 4.78 is 5.58. The first-order chi connectivity index (χ1) is 10.1. The van der Waals surface area contributed by atoms with E-state index in [1.807, 2.05) is 18.2 Å². The third kappa shape index (κ3) is 2.67. The number of ether oxygens (including phenoxy) is 1. The molecule has 0 aromatic heterocycles. The molecule has 2 aliphatic carbocycles. The van der Waals surface area contributed by atoms with Gasteiger partial charge in [0.25, 0.3) is 0 Å². The van der Waals surface area contributed by atoms with E-state index in [0.29, 0.717) is 0 Å². The number of hydrogen-bond acceptors (Lipinski definition) is 2. The van der Waals surface area contributed by atoms with E-state index in [2.05, 4.69) is 25.6 Å². The van der Waals surface area contributed by atoms with Gasteiger partial charge in [-0.2, -0.15) is 0 Å². The fourth-order valence-electron chi connectivity index (χ4n) is 3.48. The standard InChI is InChI=1S/C19H22O2/c1-3-19(2)13-14-8-4-7-11-16(14)17(19)12-18(20)21-15-9-5-6-10-15/h3-4,7-8,11-12,15H,1,5-6,9-10,13H2,2H3/b17-12+/t19-/m0/s1. The van der Waals surface area contributed by atoms with E-state index in [1.165, 1.54) is 18.4 Å². The molecule has 1 fully saturated rings. The van der Waals surface area contributed by atoms with Gasteiger partial charge in [0.15, 0.2) is 0 Å². The lowest BCUT2D eigenvalue weighted by molar-refractivity contribution is -0.142. The summed E-state index contributed by atoms with van der Waals surface area (Å²) in [6, 6.07) is 8.27. The lowest BCUT2D eigenvalue weighted by atomic mass is 9.83. The van der Waals surface area contributed by atoms with E-state index in [0.717, 1.165) is 30.4 Å². The van der Waals surface area contributed by atoms with Crippen molar-refractivity contribution in [3.8, 4) is 0 Å². The van der Waals surface area contributed by atoms with Crippen molar-refractivity contribution in [2.24, 2.45) is 5.41 Å². The van der Waals surface area contributed by atoms with Gasteiger partial charge in [-0.3, -0.25) is 0 Å². The van der Waals surface area contributed by atoms with Gasteiger partial charge < -0.3 is 4.74 Å². The summed E-state index contributed by atoms with van der Waals surface area (Å²) in [6.07, 6.45) is 8.99. The molecule has 0 bridgehead atoms. The van der Waals surface area contributed by atoms with E-state index in [1.54, 1.807) is 6.08 Å². The van der Waals surface area contributed by atoms with Crippen molar-refractivity contribution in [1.29, 1.82) is 0 Å². The highest BCUT2D eigenvalue weighted by atomic mass is 16.5. The number of benzene rings is 1. The minimum absolute atomic E-state index is 0.112. The zero-order valence-corrected chi connectivity index (χ0v) is 12.6. The van der Waals surface area contributed by atoms with Crippen molar-refractivity contribution in [3.63, 3.8) is 0 Å². The number of esters is 1. The van der Waals surface area contributed by atoms with E-state index in [9.17, 15) is 4.79 Å². The molecule has 0 amide bonds. The first kappa shape index (κ1) is 14.1. The molecule has 0 spiro atoms. The van der Waals surface area contributed by atoms with Crippen molar-refractivity contribution in [3.05, 3.63) is 54.1 Å². The monoisotopic (exact) mass is 282 g/mol. The zero-order chi connectivity index (χ0) is 14.9. The molecule has 3 rings (SSSR count). The summed E-state index contributed by atoms with van der Waals surface area (Å²) in [5.41, 5.74) is 3.29. The number of rotatable bonds is 3. The van der Waals surface area contributed by atoms with Gasteiger partial charge in [-0.05, 0) is 48.8 Å². The first-order valence-corrected chi connectivity index (χ1v) is 7.77. The first-order valence-electron chi connectivity index (χ1n) is 7.77. The molecule has 0 heterocycles. The minimum Gasteiger partial charge on any atom is -0.459 e. The highest BCUT2D eigenvalue weighted by molar-refractivity contribution is 5.95. The van der Waals surface area contributed by atoms with Crippen LogP contribution >= 0.6 is 0 Å². The second kappa shape index (κ2) is 5.51. The molecule has 110 valence electrons. The van der Waals surface area contributed by atoms with E-state index in [4.69, 9.17) is 4.74 Å². The number of hydrogen-bond donors (Lipinski definition) is 0. The average molecular weight is 282 g/mol. The van der Waals surface area contributed by atoms with Gasteiger partial charge in [-0.1, -0.05) is 37.3 Å². The van der Waals surface area contributed by atoms with E-state index < -0.39 is 0 Å². The Labute approximate surface area is 126 Å². The largest absolute Gasteiger partial charge is 0.459 e. The van der Waals surface area contributed by atoms with Crippen molar-refractivity contribution in [1.82, 2.24) is 0 Å². The SMILES string of the molecule is C=C[C@@]1(C)Cc2ccccc2/C1=C\C(=O)OC1CCCC1. The Morgan fingerprint density at radius 1 is 1.33 bits per heavy atom. The molecule has 1 aromatic rings. The van der Waals surface area contributed by atoms with Crippen LogP contribution in [-0.4, -0.2) is 12.1 Å². The third-order valence-electron chi connectivity index (χ3n) is 4.78. The molecule has 1 atom stereocenters. The maximum atomic E-state index is 12.2. The summed E-state index contributed by atoms with van der Waals surface area (Å²) >= 11 is 0. The van der Waals surface area contributed by atoms with E-state index >= 15 is 0 Å². The van der Waals surface area contributed by atoms with Gasteiger partial charge in [-0.25, -0.2) is 4.79 Å². The predicted octanol–water partition coefficient (Wildman–Crippen LogP) is 4.30. The molecular formula is C19H22O2.